The van der Waals surface area contributed by atoms with Crippen LogP contribution in [-0.4, -0.2) is 20.2 Å². The second-order valence-electron chi connectivity index (χ2n) is 3.86. The number of nitrogens with zero attached hydrogens (tertiary/aromatic N) is 3. The summed E-state index contributed by atoms with van der Waals surface area (Å²) < 4.78 is 0.787. The molecule has 7 heteroatoms. The molecule has 5 nitrogen and oxygen atoms in total. The van der Waals surface area contributed by atoms with Crippen LogP contribution in [0, 0.1) is 0 Å². The van der Waals surface area contributed by atoms with Gasteiger partial charge in [0.1, 0.15) is 12.1 Å². The average Bonchev–Trinajstić information content (AvgIpc) is 2.97. The van der Waals surface area contributed by atoms with E-state index in [9.17, 15) is 0 Å². The second kappa shape index (κ2) is 4.55. The third-order valence-corrected chi connectivity index (χ3v) is 4.04. The molecule has 0 saturated heterocycles. The van der Waals surface area contributed by atoms with E-state index in [1.54, 1.807) is 17.5 Å². The molecular weight excluding hydrogens is 270 g/mol. The number of hydrogen-bond acceptors (Lipinski definition) is 5. The smallest absolute Gasteiger partial charge is 0.160 e. The second-order valence-corrected chi connectivity index (χ2v) is 5.61. The van der Waals surface area contributed by atoms with Crippen LogP contribution in [0.25, 0.3) is 11.0 Å². The molecule has 3 aromatic rings. The van der Waals surface area contributed by atoms with Gasteiger partial charge in [-0.15, -0.1) is 11.3 Å². The largest absolute Gasteiger partial charge is 0.362 e. The highest BCUT2D eigenvalue weighted by Gasteiger charge is 2.11. The summed E-state index contributed by atoms with van der Waals surface area (Å²) >= 11 is 7.49. The van der Waals surface area contributed by atoms with Crippen LogP contribution in [0.5, 0.6) is 0 Å². The Morgan fingerprint density at radius 3 is 3.06 bits per heavy atom. The van der Waals surface area contributed by atoms with Crippen molar-refractivity contribution >= 4 is 39.8 Å². The number of aromatic amines is 1. The van der Waals surface area contributed by atoms with E-state index in [0.29, 0.717) is 0 Å². The lowest BCUT2D eigenvalue weighted by atomic mass is 10.2. The molecule has 3 heterocycles. The van der Waals surface area contributed by atoms with Crippen molar-refractivity contribution in [2.75, 3.05) is 5.32 Å². The highest BCUT2D eigenvalue weighted by atomic mass is 35.5. The topological polar surface area (TPSA) is 66.5 Å². The van der Waals surface area contributed by atoms with Gasteiger partial charge in [-0.25, -0.2) is 9.97 Å². The first-order valence-corrected chi connectivity index (χ1v) is 6.59. The molecule has 0 amide bonds. The lowest BCUT2D eigenvalue weighted by Gasteiger charge is -2.12. The minimum absolute atomic E-state index is 0.135. The van der Waals surface area contributed by atoms with Gasteiger partial charge < -0.3 is 5.32 Å². The third kappa shape index (κ3) is 2.04. The fourth-order valence-electron chi connectivity index (χ4n) is 1.72. The van der Waals surface area contributed by atoms with Crippen LogP contribution in [0.4, 0.5) is 5.82 Å². The molecule has 2 N–H and O–H groups in total. The van der Waals surface area contributed by atoms with Crippen molar-refractivity contribution in [2.45, 2.75) is 13.0 Å². The first-order chi connectivity index (χ1) is 8.74. The molecule has 0 bridgehead atoms. The van der Waals surface area contributed by atoms with Gasteiger partial charge in [-0.05, 0) is 19.1 Å². The molecule has 0 aliphatic carbocycles. The van der Waals surface area contributed by atoms with E-state index in [-0.39, 0.29) is 6.04 Å². The van der Waals surface area contributed by atoms with Crippen molar-refractivity contribution in [3.63, 3.8) is 0 Å². The highest BCUT2D eigenvalue weighted by Crippen LogP contribution is 2.29. The van der Waals surface area contributed by atoms with E-state index >= 15 is 0 Å². The first-order valence-electron chi connectivity index (χ1n) is 5.40. The number of nitrogens with one attached hydrogen (secondary N) is 2. The third-order valence-electron chi connectivity index (χ3n) is 2.62. The lowest BCUT2D eigenvalue weighted by Crippen LogP contribution is -2.06. The zero-order valence-corrected chi connectivity index (χ0v) is 11.1. The number of halogens is 1. The van der Waals surface area contributed by atoms with Crippen molar-refractivity contribution in [3.8, 4) is 0 Å². The van der Waals surface area contributed by atoms with Gasteiger partial charge in [-0.2, -0.15) is 5.10 Å². The van der Waals surface area contributed by atoms with Crippen LogP contribution in [0.1, 0.15) is 17.8 Å². The molecule has 0 radical (unpaired) electrons. The lowest BCUT2D eigenvalue weighted by molar-refractivity contribution is 0.897. The summed E-state index contributed by atoms with van der Waals surface area (Å²) in [6, 6.07) is 4.04. The molecule has 0 aromatic carbocycles. The van der Waals surface area contributed by atoms with Crippen LogP contribution in [0.2, 0.25) is 4.34 Å². The summed E-state index contributed by atoms with van der Waals surface area (Å²) in [5.74, 6) is 0.769. The zero-order valence-electron chi connectivity index (χ0n) is 9.51. The van der Waals surface area contributed by atoms with Crippen LogP contribution in [0.15, 0.2) is 24.7 Å². The standard InChI is InChI=1S/C11H10ClN5S/c1-6(8-2-3-9(12)18-8)16-10-7-4-15-17-11(7)14-5-13-10/h2-6H,1H3,(H2,13,14,15,16,17)/t6-/m1/s1. The van der Waals surface area contributed by atoms with Gasteiger partial charge in [-0.1, -0.05) is 11.6 Å². The molecule has 0 unspecified atom stereocenters. The monoisotopic (exact) mass is 279 g/mol. The Labute approximate surface area is 112 Å². The summed E-state index contributed by atoms with van der Waals surface area (Å²) in [5.41, 5.74) is 0.726. The Morgan fingerprint density at radius 1 is 1.39 bits per heavy atom. The van der Waals surface area contributed by atoms with Gasteiger partial charge in [-0.3, -0.25) is 5.10 Å². The molecule has 1 atom stereocenters. The van der Waals surface area contributed by atoms with Crippen molar-refractivity contribution in [1.29, 1.82) is 0 Å². The molecule has 18 heavy (non-hydrogen) atoms. The quantitative estimate of drug-likeness (QED) is 0.772. The SMILES string of the molecule is C[C@@H](Nc1ncnc2[nH]ncc12)c1ccc(Cl)s1. The molecule has 3 rings (SSSR count). The Bertz CT molecular complexity index is 677. The van der Waals surface area contributed by atoms with Gasteiger partial charge in [0.15, 0.2) is 5.65 Å². The number of fused-ring (bicyclic) bond motifs is 1. The van der Waals surface area contributed by atoms with Gasteiger partial charge >= 0.3 is 0 Å². The van der Waals surface area contributed by atoms with Crippen LogP contribution in [-0.2, 0) is 0 Å². The highest BCUT2D eigenvalue weighted by molar-refractivity contribution is 7.16. The zero-order chi connectivity index (χ0) is 12.5. The normalized spacial score (nSPS) is 12.8. The minimum atomic E-state index is 0.135. The van der Waals surface area contributed by atoms with Gasteiger partial charge in [0.2, 0.25) is 0 Å². The number of thiophene rings is 1. The predicted molar refractivity (Wildman–Crippen MR) is 73.1 cm³/mol. The maximum Gasteiger partial charge on any atom is 0.160 e. The minimum Gasteiger partial charge on any atom is -0.362 e. The summed E-state index contributed by atoms with van der Waals surface area (Å²) in [6.07, 6.45) is 3.22. The number of H-pyrrole nitrogens is 1. The Morgan fingerprint density at radius 2 is 2.28 bits per heavy atom. The summed E-state index contributed by atoms with van der Waals surface area (Å²) in [4.78, 5) is 9.50. The van der Waals surface area contributed by atoms with E-state index < -0.39 is 0 Å². The molecule has 0 aliphatic heterocycles. The number of hydrogen-bond donors (Lipinski definition) is 2. The Kier molecular flexibility index (Phi) is 2.89. The van der Waals surface area contributed by atoms with Crippen molar-refractivity contribution in [1.82, 2.24) is 20.2 Å². The molecular formula is C11H10ClN5S. The van der Waals surface area contributed by atoms with E-state index in [4.69, 9.17) is 11.6 Å². The molecule has 0 spiro atoms. The molecule has 0 aliphatic rings. The fourth-order valence-corrected chi connectivity index (χ4v) is 2.78. The number of anilines is 1. The summed E-state index contributed by atoms with van der Waals surface area (Å²) in [5, 5.41) is 11.0. The summed E-state index contributed by atoms with van der Waals surface area (Å²) in [7, 11) is 0. The van der Waals surface area contributed by atoms with Gasteiger partial charge in [0.25, 0.3) is 0 Å². The van der Waals surface area contributed by atoms with Crippen LogP contribution >= 0.6 is 22.9 Å². The van der Waals surface area contributed by atoms with E-state index in [1.165, 1.54) is 6.33 Å². The van der Waals surface area contributed by atoms with E-state index in [1.807, 2.05) is 12.1 Å². The number of aromatic nitrogens is 4. The van der Waals surface area contributed by atoms with Crippen LogP contribution in [0.3, 0.4) is 0 Å². The molecule has 0 saturated carbocycles. The maximum absolute atomic E-state index is 5.94. The average molecular weight is 280 g/mol. The first kappa shape index (κ1) is 11.4. The molecule has 0 fully saturated rings. The Balaban J connectivity index is 1.90. The van der Waals surface area contributed by atoms with Gasteiger partial charge in [0, 0.05) is 4.88 Å². The summed E-state index contributed by atoms with van der Waals surface area (Å²) in [6.45, 7) is 2.07. The van der Waals surface area contributed by atoms with E-state index in [0.717, 1.165) is 26.1 Å². The van der Waals surface area contributed by atoms with Crippen molar-refractivity contribution in [3.05, 3.63) is 33.9 Å². The van der Waals surface area contributed by atoms with Crippen molar-refractivity contribution < 1.29 is 0 Å². The van der Waals surface area contributed by atoms with E-state index in [2.05, 4.69) is 32.4 Å². The molecule has 3 aromatic heterocycles. The fraction of sp³-hybridized carbons (Fsp3) is 0.182. The predicted octanol–water partition coefficient (Wildman–Crippen LogP) is 3.24. The maximum atomic E-state index is 5.94. The molecule has 92 valence electrons. The Hall–Kier alpha value is -1.66. The van der Waals surface area contributed by atoms with Gasteiger partial charge in [0.05, 0.1) is 22.0 Å². The van der Waals surface area contributed by atoms with Crippen LogP contribution < -0.4 is 5.32 Å². The van der Waals surface area contributed by atoms with Crippen molar-refractivity contribution in [2.24, 2.45) is 0 Å². The number of rotatable bonds is 3.